The molecule has 45 heavy (non-hydrogen) atoms. The van der Waals surface area contributed by atoms with E-state index in [2.05, 4.69) is 94.1 Å². The zero-order valence-corrected chi connectivity index (χ0v) is 26.7. The average Bonchev–Trinajstić information content (AvgIpc) is 3.86. The Bertz CT molecular complexity index is 1750. The van der Waals surface area contributed by atoms with Gasteiger partial charge in [-0.15, -0.1) is 0 Å². The van der Waals surface area contributed by atoms with Crippen LogP contribution in [0, 0.1) is 17.8 Å². The summed E-state index contributed by atoms with van der Waals surface area (Å²) in [6.07, 6.45) is 9.68. The fourth-order valence-electron chi connectivity index (χ4n) is 14.6. The van der Waals surface area contributed by atoms with Crippen LogP contribution in [0.4, 0.5) is 11.4 Å². The fraction of sp³-hybridized carbons (Fsp3) is 0.590. The summed E-state index contributed by atoms with van der Waals surface area (Å²) >= 11 is 0. The zero-order valence-electron chi connectivity index (χ0n) is 26.7. The highest BCUT2D eigenvalue weighted by Crippen LogP contribution is 2.74. The van der Waals surface area contributed by atoms with Gasteiger partial charge >= 0.3 is 0 Å². The van der Waals surface area contributed by atoms with Gasteiger partial charge in [0.15, 0.2) is 6.23 Å². The van der Waals surface area contributed by atoms with Crippen LogP contribution in [0.5, 0.6) is 0 Å². The predicted molar refractivity (Wildman–Crippen MR) is 174 cm³/mol. The number of methoxy groups -OCH3 is 1. The average molecular weight is 601 g/mol. The molecule has 2 aliphatic carbocycles. The number of allylic oxidation sites excluding steroid dienone is 2. The quantitative estimate of drug-likeness (QED) is 0.427. The van der Waals surface area contributed by atoms with Gasteiger partial charge in [0.2, 0.25) is 0 Å². The van der Waals surface area contributed by atoms with Gasteiger partial charge in [0, 0.05) is 66.3 Å². The topological polar surface area (TPSA) is 31.4 Å². The minimum absolute atomic E-state index is 0.0360. The molecule has 0 N–H and O–H groups in total. The molecule has 2 aromatic rings. The number of hydrogen-bond donors (Lipinski definition) is 0. The Morgan fingerprint density at radius 1 is 0.800 bits per heavy atom. The van der Waals surface area contributed by atoms with Gasteiger partial charge < -0.3 is 19.3 Å². The van der Waals surface area contributed by atoms with E-state index in [1.807, 2.05) is 7.11 Å². The third kappa shape index (κ3) is 2.37. The van der Waals surface area contributed by atoms with Crippen molar-refractivity contribution in [3.05, 3.63) is 83.0 Å². The first kappa shape index (κ1) is 25.4. The van der Waals surface area contributed by atoms with Crippen molar-refractivity contribution in [2.45, 2.75) is 92.6 Å². The maximum Gasteiger partial charge on any atom is 0.162 e. The molecule has 3 spiro atoms. The molecule has 2 saturated carbocycles. The molecule has 12 unspecified atom stereocenters. The normalized spacial score (nSPS) is 50.6. The highest BCUT2D eigenvalue weighted by Gasteiger charge is 2.84. The molecule has 12 rings (SSSR count). The lowest BCUT2D eigenvalue weighted by Gasteiger charge is -2.63. The number of ether oxygens (including phenoxy) is 2. The zero-order chi connectivity index (χ0) is 29.6. The van der Waals surface area contributed by atoms with Crippen molar-refractivity contribution >= 4 is 11.4 Å². The molecule has 0 amide bonds. The first-order valence-corrected chi connectivity index (χ1v) is 17.9. The van der Waals surface area contributed by atoms with E-state index >= 15 is 0 Å². The molecular formula is C39H44N4O2. The van der Waals surface area contributed by atoms with Crippen molar-refractivity contribution in [2.75, 3.05) is 43.1 Å². The van der Waals surface area contributed by atoms with Gasteiger partial charge in [0.25, 0.3) is 0 Å². The van der Waals surface area contributed by atoms with Crippen LogP contribution in [-0.4, -0.2) is 85.3 Å². The van der Waals surface area contributed by atoms with Crippen molar-refractivity contribution < 1.29 is 9.47 Å². The lowest BCUT2D eigenvalue weighted by atomic mass is 9.52. The summed E-state index contributed by atoms with van der Waals surface area (Å²) in [5.74, 6) is 1.24. The number of anilines is 2. The van der Waals surface area contributed by atoms with E-state index in [0.717, 1.165) is 13.1 Å². The number of hydrogen-bond acceptors (Lipinski definition) is 6. The Hall–Kier alpha value is -2.64. The number of piperidine rings is 2. The van der Waals surface area contributed by atoms with E-state index in [0.29, 0.717) is 35.9 Å². The number of fused-ring (bicyclic) bond motifs is 10. The molecule has 232 valence electrons. The Labute approximate surface area is 266 Å². The lowest BCUT2D eigenvalue weighted by molar-refractivity contribution is -0.184. The lowest BCUT2D eigenvalue weighted by Crippen LogP contribution is -2.77. The number of rotatable bonds is 1. The second kappa shape index (κ2) is 7.90. The molecule has 8 aliphatic heterocycles. The van der Waals surface area contributed by atoms with Crippen LogP contribution in [0.15, 0.2) is 71.8 Å². The van der Waals surface area contributed by atoms with Crippen molar-refractivity contribution in [3.8, 4) is 0 Å². The van der Waals surface area contributed by atoms with Gasteiger partial charge in [0.05, 0.1) is 12.1 Å². The van der Waals surface area contributed by atoms with E-state index < -0.39 is 5.60 Å². The largest absolute Gasteiger partial charge is 0.358 e. The standard InChI is InChI=1S/C39H44N4O2/c1-4-22-20-40-16-14-37-25-10-6-8-12-28(25)42-33(37)32(24(22)18-30(37)40)34-43-29-13-9-7-11-26(29)38-15-17-41-21-23(5-2)27(19-31(38)41)39(45-34,35(38)43)36(42)44-3/h4-13,24,27,30-36H,14-21H2,1-3H3/b22-4-,23-5-. The highest BCUT2D eigenvalue weighted by atomic mass is 16.6. The highest BCUT2D eigenvalue weighted by molar-refractivity contribution is 5.74. The second-order valence-electron chi connectivity index (χ2n) is 16.1. The minimum atomic E-state index is -0.453. The fourth-order valence-corrected chi connectivity index (χ4v) is 14.6. The molecule has 0 radical (unpaired) electrons. The van der Waals surface area contributed by atoms with Crippen LogP contribution in [0.2, 0.25) is 0 Å². The second-order valence-corrected chi connectivity index (χ2v) is 16.1. The van der Waals surface area contributed by atoms with Crippen LogP contribution in [0.1, 0.15) is 50.7 Å². The van der Waals surface area contributed by atoms with Crippen molar-refractivity contribution in [3.63, 3.8) is 0 Å². The first-order chi connectivity index (χ1) is 22.1. The summed E-state index contributed by atoms with van der Waals surface area (Å²) in [5, 5.41) is 0. The summed E-state index contributed by atoms with van der Waals surface area (Å²) in [5.41, 5.74) is 9.05. The molecular weight excluding hydrogens is 556 g/mol. The van der Waals surface area contributed by atoms with E-state index in [9.17, 15) is 0 Å². The molecule has 8 fully saturated rings. The number of nitrogens with zero attached hydrogens (tertiary/aromatic N) is 4. The van der Waals surface area contributed by atoms with Gasteiger partial charge in [0.1, 0.15) is 11.8 Å². The minimum Gasteiger partial charge on any atom is -0.358 e. The van der Waals surface area contributed by atoms with Gasteiger partial charge in [-0.3, -0.25) is 9.80 Å². The first-order valence-electron chi connectivity index (χ1n) is 17.9. The van der Waals surface area contributed by atoms with E-state index in [1.54, 1.807) is 22.3 Å². The molecule has 0 aromatic heterocycles. The third-order valence-corrected chi connectivity index (χ3v) is 15.6. The molecule has 6 saturated heterocycles. The molecule has 2 aromatic carbocycles. The van der Waals surface area contributed by atoms with Crippen molar-refractivity contribution in [1.82, 2.24) is 9.80 Å². The van der Waals surface area contributed by atoms with E-state index in [-0.39, 0.29) is 29.3 Å². The summed E-state index contributed by atoms with van der Waals surface area (Å²) in [4.78, 5) is 11.5. The summed E-state index contributed by atoms with van der Waals surface area (Å²) in [7, 11) is 2.01. The molecule has 8 heterocycles. The summed E-state index contributed by atoms with van der Waals surface area (Å²) < 4.78 is 15.2. The molecule has 6 heteroatoms. The number of benzene rings is 2. The van der Waals surface area contributed by atoms with Crippen LogP contribution >= 0.6 is 0 Å². The Kier molecular flexibility index (Phi) is 4.47. The van der Waals surface area contributed by atoms with Gasteiger partial charge in [-0.1, -0.05) is 59.7 Å². The molecule has 6 bridgehead atoms. The van der Waals surface area contributed by atoms with Crippen molar-refractivity contribution in [1.29, 1.82) is 0 Å². The van der Waals surface area contributed by atoms with Crippen LogP contribution in [0.3, 0.4) is 0 Å². The smallest absolute Gasteiger partial charge is 0.162 e. The number of para-hydroxylation sites is 2. The van der Waals surface area contributed by atoms with Gasteiger partial charge in [-0.25, -0.2) is 0 Å². The Morgan fingerprint density at radius 3 is 2.18 bits per heavy atom. The molecule has 6 nitrogen and oxygen atoms in total. The summed E-state index contributed by atoms with van der Waals surface area (Å²) in [6.45, 7) is 9.15. The van der Waals surface area contributed by atoms with Gasteiger partial charge in [-0.05, 0) is 81.8 Å². The summed E-state index contributed by atoms with van der Waals surface area (Å²) in [6, 6.07) is 20.9. The van der Waals surface area contributed by atoms with E-state index in [4.69, 9.17) is 9.47 Å². The third-order valence-electron chi connectivity index (χ3n) is 15.6. The van der Waals surface area contributed by atoms with E-state index in [1.165, 1.54) is 50.1 Å². The van der Waals surface area contributed by atoms with Crippen LogP contribution < -0.4 is 9.80 Å². The maximum absolute atomic E-state index is 8.15. The van der Waals surface area contributed by atoms with Crippen LogP contribution in [-0.2, 0) is 20.3 Å². The Balaban J connectivity index is 1.21. The van der Waals surface area contributed by atoms with Gasteiger partial charge in [-0.2, -0.15) is 0 Å². The Morgan fingerprint density at radius 2 is 1.44 bits per heavy atom. The SMILES string of the molecule is C/C=C1/CN2CCC34c5ccccc5N5C3C(C1CC24)C1OC2(C3CC4N(CCC46c4ccccc4N1C62)C/C3=C/C)C5OC. The van der Waals surface area contributed by atoms with Crippen molar-refractivity contribution in [2.24, 2.45) is 17.8 Å². The molecule has 12 atom stereocenters. The molecule has 10 aliphatic rings. The monoisotopic (exact) mass is 600 g/mol. The predicted octanol–water partition coefficient (Wildman–Crippen LogP) is 5.05. The van der Waals surface area contributed by atoms with Crippen LogP contribution in [0.25, 0.3) is 0 Å². The maximum atomic E-state index is 8.15.